The largest absolute Gasteiger partial charge is 0.394 e. The van der Waals surface area contributed by atoms with Gasteiger partial charge in [0.05, 0.1) is 31.9 Å². The Morgan fingerprint density at radius 1 is 1.29 bits per heavy atom. The lowest BCUT2D eigenvalue weighted by molar-refractivity contribution is -0.103. The van der Waals surface area contributed by atoms with E-state index in [9.17, 15) is 5.11 Å². The lowest BCUT2D eigenvalue weighted by Gasteiger charge is -2.45. The van der Waals surface area contributed by atoms with Crippen LogP contribution in [0.4, 0.5) is 0 Å². The number of nitrogens with zero attached hydrogens (tertiary/aromatic N) is 3. The molecule has 0 saturated carbocycles. The molecular formula is C18H25N3O3. The zero-order valence-electron chi connectivity index (χ0n) is 14.1. The van der Waals surface area contributed by atoms with Gasteiger partial charge in [-0.15, -0.1) is 0 Å². The molecule has 3 rings (SSSR count). The van der Waals surface area contributed by atoms with Crippen LogP contribution in [-0.4, -0.2) is 46.5 Å². The van der Waals surface area contributed by atoms with Crippen molar-refractivity contribution in [1.29, 1.82) is 0 Å². The molecule has 1 aromatic carbocycles. The lowest BCUT2D eigenvalue weighted by atomic mass is 9.88. The van der Waals surface area contributed by atoms with E-state index in [1.165, 1.54) is 0 Å². The summed E-state index contributed by atoms with van der Waals surface area (Å²) < 4.78 is 11.1. The first-order valence-electron chi connectivity index (χ1n) is 8.59. The summed E-state index contributed by atoms with van der Waals surface area (Å²) in [5, 5.41) is 14.2. The molecule has 2 aromatic rings. The topological polar surface area (TPSA) is 71.6 Å². The number of aryl methyl sites for hydroxylation is 1. The molecule has 0 radical (unpaired) electrons. The van der Waals surface area contributed by atoms with Gasteiger partial charge in [0.15, 0.2) is 5.82 Å². The molecule has 1 unspecified atom stereocenters. The number of aliphatic hydroxyl groups is 1. The number of morpholine rings is 1. The van der Waals surface area contributed by atoms with Crippen molar-refractivity contribution in [3.05, 3.63) is 47.6 Å². The number of aromatic nitrogens is 2. The summed E-state index contributed by atoms with van der Waals surface area (Å²) in [5.41, 5.74) is 0.468. The highest BCUT2D eigenvalue weighted by Crippen LogP contribution is 2.32. The highest BCUT2D eigenvalue weighted by atomic mass is 16.5. The van der Waals surface area contributed by atoms with Crippen LogP contribution in [0.2, 0.25) is 0 Å². The summed E-state index contributed by atoms with van der Waals surface area (Å²) >= 11 is 0. The van der Waals surface area contributed by atoms with Crippen LogP contribution >= 0.6 is 0 Å². The van der Waals surface area contributed by atoms with Crippen molar-refractivity contribution in [1.82, 2.24) is 15.0 Å². The Labute approximate surface area is 142 Å². The van der Waals surface area contributed by atoms with Gasteiger partial charge in [0.2, 0.25) is 5.89 Å². The Morgan fingerprint density at radius 2 is 2.12 bits per heavy atom. The zero-order chi connectivity index (χ0) is 16.8. The molecule has 1 aliphatic heterocycles. The van der Waals surface area contributed by atoms with E-state index in [4.69, 9.17) is 9.26 Å². The van der Waals surface area contributed by atoms with Crippen LogP contribution in [0.25, 0.3) is 0 Å². The number of benzene rings is 1. The van der Waals surface area contributed by atoms with Crippen molar-refractivity contribution in [2.24, 2.45) is 0 Å². The summed E-state index contributed by atoms with van der Waals surface area (Å²) in [6.07, 6.45) is 3.00. The monoisotopic (exact) mass is 331 g/mol. The van der Waals surface area contributed by atoms with E-state index < -0.39 is 5.54 Å². The predicted molar refractivity (Wildman–Crippen MR) is 89.3 cm³/mol. The van der Waals surface area contributed by atoms with Crippen molar-refractivity contribution in [3.8, 4) is 0 Å². The third-order valence-corrected chi connectivity index (χ3v) is 4.61. The molecule has 2 heterocycles. The minimum Gasteiger partial charge on any atom is -0.394 e. The van der Waals surface area contributed by atoms with Crippen molar-refractivity contribution in [2.45, 2.75) is 38.3 Å². The van der Waals surface area contributed by atoms with E-state index in [-0.39, 0.29) is 6.61 Å². The molecule has 0 spiro atoms. The van der Waals surface area contributed by atoms with E-state index in [0.717, 1.165) is 30.7 Å². The van der Waals surface area contributed by atoms with Crippen LogP contribution in [0, 0.1) is 0 Å². The fourth-order valence-corrected chi connectivity index (χ4v) is 3.16. The molecule has 130 valence electrons. The van der Waals surface area contributed by atoms with E-state index >= 15 is 0 Å². The molecule has 24 heavy (non-hydrogen) atoms. The van der Waals surface area contributed by atoms with Gasteiger partial charge in [-0.2, -0.15) is 4.98 Å². The van der Waals surface area contributed by atoms with Crippen LogP contribution < -0.4 is 0 Å². The predicted octanol–water partition coefficient (Wildman–Crippen LogP) is 2.13. The fourth-order valence-electron chi connectivity index (χ4n) is 3.16. The zero-order valence-corrected chi connectivity index (χ0v) is 14.1. The molecule has 1 aromatic heterocycles. The Morgan fingerprint density at radius 3 is 2.88 bits per heavy atom. The highest BCUT2D eigenvalue weighted by Gasteiger charge is 2.41. The summed E-state index contributed by atoms with van der Waals surface area (Å²) in [5.74, 6) is 1.35. The molecule has 6 heteroatoms. The summed E-state index contributed by atoms with van der Waals surface area (Å²) in [7, 11) is 0. The van der Waals surface area contributed by atoms with Crippen LogP contribution in [-0.2, 0) is 23.2 Å². The normalized spacial score (nSPS) is 21.9. The van der Waals surface area contributed by atoms with Gasteiger partial charge < -0.3 is 14.4 Å². The van der Waals surface area contributed by atoms with Gasteiger partial charge >= 0.3 is 0 Å². The van der Waals surface area contributed by atoms with Crippen molar-refractivity contribution in [2.75, 3.05) is 26.4 Å². The second kappa shape index (κ2) is 7.88. The first-order chi connectivity index (χ1) is 11.8. The number of ether oxygens (including phenoxy) is 1. The summed E-state index contributed by atoms with van der Waals surface area (Å²) in [6, 6.07) is 9.99. The van der Waals surface area contributed by atoms with E-state index in [2.05, 4.69) is 22.0 Å². The number of hydrogen-bond donors (Lipinski definition) is 1. The van der Waals surface area contributed by atoms with Gasteiger partial charge in [0.1, 0.15) is 0 Å². The van der Waals surface area contributed by atoms with Crippen LogP contribution in [0.1, 0.15) is 37.0 Å². The van der Waals surface area contributed by atoms with E-state index in [0.29, 0.717) is 32.2 Å². The summed E-state index contributed by atoms with van der Waals surface area (Å²) in [4.78, 5) is 6.68. The maximum atomic E-state index is 10.2. The minimum absolute atomic E-state index is 0.0200. The second-order valence-corrected chi connectivity index (χ2v) is 6.24. The van der Waals surface area contributed by atoms with Gasteiger partial charge in [-0.25, -0.2) is 0 Å². The third-order valence-electron chi connectivity index (χ3n) is 4.61. The van der Waals surface area contributed by atoms with E-state index in [1.54, 1.807) is 0 Å². The number of hydrogen-bond acceptors (Lipinski definition) is 6. The maximum absolute atomic E-state index is 10.2. The van der Waals surface area contributed by atoms with Crippen LogP contribution in [0.15, 0.2) is 34.9 Å². The molecule has 0 bridgehead atoms. The van der Waals surface area contributed by atoms with Gasteiger partial charge in [-0.05, 0) is 12.0 Å². The van der Waals surface area contributed by atoms with Gasteiger partial charge in [0.25, 0.3) is 0 Å². The average Bonchev–Trinajstić information content (AvgIpc) is 3.09. The first kappa shape index (κ1) is 17.1. The minimum atomic E-state index is -0.572. The Balaban J connectivity index is 1.80. The lowest BCUT2D eigenvalue weighted by Crippen LogP contribution is -2.56. The molecule has 1 N–H and O–H groups in total. The SMILES string of the molecule is CCCCc1noc(CN2CCOCC2(CO)c2ccccc2)n1. The van der Waals surface area contributed by atoms with Crippen LogP contribution in [0.3, 0.4) is 0 Å². The fraction of sp³-hybridized carbons (Fsp3) is 0.556. The molecule has 1 aliphatic rings. The van der Waals surface area contributed by atoms with Crippen LogP contribution in [0.5, 0.6) is 0 Å². The second-order valence-electron chi connectivity index (χ2n) is 6.24. The standard InChI is InChI=1S/C18H25N3O3/c1-2-3-9-16-19-17(24-20-16)12-21-10-11-23-14-18(21,13-22)15-7-5-4-6-8-15/h4-8,22H,2-3,9-14H2,1H3. The number of aliphatic hydroxyl groups excluding tert-OH is 1. The number of rotatable bonds is 7. The molecule has 1 fully saturated rings. The maximum Gasteiger partial charge on any atom is 0.240 e. The molecule has 0 aliphatic carbocycles. The molecule has 1 atom stereocenters. The van der Waals surface area contributed by atoms with Crippen molar-refractivity contribution in [3.63, 3.8) is 0 Å². The van der Waals surface area contributed by atoms with E-state index in [1.807, 2.05) is 30.3 Å². The van der Waals surface area contributed by atoms with Crippen molar-refractivity contribution < 1.29 is 14.4 Å². The Bertz CT molecular complexity index is 631. The smallest absolute Gasteiger partial charge is 0.240 e. The highest BCUT2D eigenvalue weighted by molar-refractivity contribution is 5.26. The Kier molecular flexibility index (Phi) is 5.60. The average molecular weight is 331 g/mol. The molecular weight excluding hydrogens is 306 g/mol. The molecule has 6 nitrogen and oxygen atoms in total. The molecule has 0 amide bonds. The first-order valence-corrected chi connectivity index (χ1v) is 8.59. The quantitative estimate of drug-likeness (QED) is 0.838. The van der Waals surface area contributed by atoms with Gasteiger partial charge in [0, 0.05) is 13.0 Å². The van der Waals surface area contributed by atoms with Crippen molar-refractivity contribution >= 4 is 0 Å². The summed E-state index contributed by atoms with van der Waals surface area (Å²) in [6.45, 7) is 4.42. The molecule has 1 saturated heterocycles. The third kappa shape index (κ3) is 3.50. The number of unbranched alkanes of at least 4 members (excludes halogenated alkanes) is 1. The Hall–Kier alpha value is -1.76. The van der Waals surface area contributed by atoms with Gasteiger partial charge in [-0.3, -0.25) is 4.90 Å². The van der Waals surface area contributed by atoms with Gasteiger partial charge in [-0.1, -0.05) is 48.8 Å².